The maximum atomic E-state index is 12.9. The van der Waals surface area contributed by atoms with Crippen LogP contribution in [0, 0.1) is 11.6 Å². The van der Waals surface area contributed by atoms with Crippen LogP contribution < -0.4 is 0 Å². The largest absolute Gasteiger partial charge is 0.202 e. The fourth-order valence-corrected chi connectivity index (χ4v) is 1.97. The molecule has 1 rings (SSSR count). The number of hydrogen-bond donors (Lipinski definition) is 0. The van der Waals surface area contributed by atoms with Gasteiger partial charge in [0.15, 0.2) is 11.6 Å². The first-order valence-electron chi connectivity index (χ1n) is 2.95. The van der Waals surface area contributed by atoms with Crippen molar-refractivity contribution in [1.82, 2.24) is 0 Å². The topological polar surface area (TPSA) is 0 Å². The zero-order chi connectivity index (χ0) is 9.30. The molecule has 1 aromatic rings. The number of benzene rings is 1. The van der Waals surface area contributed by atoms with Gasteiger partial charge in [-0.1, -0.05) is 0 Å². The summed E-state index contributed by atoms with van der Waals surface area (Å²) in [5.74, 6) is -1.69. The van der Waals surface area contributed by atoms with Crippen LogP contribution in [-0.2, 0) is 5.88 Å². The fraction of sp³-hybridized carbons (Fsp3) is 0.143. The lowest BCUT2D eigenvalue weighted by molar-refractivity contribution is 0.498. The van der Waals surface area contributed by atoms with E-state index in [4.69, 9.17) is 11.6 Å². The van der Waals surface area contributed by atoms with Gasteiger partial charge in [-0.25, -0.2) is 8.78 Å². The Morgan fingerprint density at radius 3 is 2.33 bits per heavy atom. The molecule has 0 atom stereocenters. The lowest BCUT2D eigenvalue weighted by Crippen LogP contribution is -1.92. The molecule has 0 aromatic heterocycles. The van der Waals surface area contributed by atoms with E-state index in [0.29, 0.717) is 5.56 Å². The van der Waals surface area contributed by atoms with Crippen molar-refractivity contribution in [3.8, 4) is 0 Å². The molecule has 1 aromatic carbocycles. The Kier molecular flexibility index (Phi) is 3.49. The van der Waals surface area contributed by atoms with Gasteiger partial charge in [0, 0.05) is 5.88 Å². The molecule has 5 heteroatoms. The Morgan fingerprint density at radius 1 is 1.25 bits per heavy atom. The highest BCUT2D eigenvalue weighted by Crippen LogP contribution is 2.29. The lowest BCUT2D eigenvalue weighted by atomic mass is 10.2. The van der Waals surface area contributed by atoms with Crippen LogP contribution in [0.2, 0.25) is 0 Å². The van der Waals surface area contributed by atoms with Gasteiger partial charge in [-0.15, -0.1) is 11.6 Å². The first-order valence-corrected chi connectivity index (χ1v) is 5.07. The van der Waals surface area contributed by atoms with Crippen LogP contribution in [0.25, 0.3) is 0 Å². The molecule has 0 radical (unpaired) electrons. The van der Waals surface area contributed by atoms with E-state index in [9.17, 15) is 8.78 Å². The second kappa shape index (κ2) is 4.03. The molecule has 0 aliphatic carbocycles. The minimum atomic E-state index is -0.917. The zero-order valence-corrected chi connectivity index (χ0v) is 9.60. The normalized spacial score (nSPS) is 10.4. The van der Waals surface area contributed by atoms with Crippen molar-refractivity contribution in [2.75, 3.05) is 0 Å². The summed E-state index contributed by atoms with van der Waals surface area (Å²) in [6, 6.07) is 1.44. The van der Waals surface area contributed by atoms with Gasteiger partial charge in [0.1, 0.15) is 0 Å². The molecule has 0 saturated heterocycles. The van der Waals surface area contributed by atoms with Crippen molar-refractivity contribution < 1.29 is 8.78 Å². The van der Waals surface area contributed by atoms with E-state index in [0.717, 1.165) is 0 Å². The second-order valence-electron chi connectivity index (χ2n) is 2.09. The van der Waals surface area contributed by atoms with Crippen molar-refractivity contribution >= 4 is 43.5 Å². The van der Waals surface area contributed by atoms with Crippen molar-refractivity contribution in [2.24, 2.45) is 0 Å². The van der Waals surface area contributed by atoms with Crippen LogP contribution in [0.15, 0.2) is 15.0 Å². The Labute approximate surface area is 90.2 Å². The van der Waals surface area contributed by atoms with Crippen LogP contribution in [-0.4, -0.2) is 0 Å². The maximum absolute atomic E-state index is 12.9. The van der Waals surface area contributed by atoms with Crippen LogP contribution in [0.1, 0.15) is 5.56 Å². The van der Waals surface area contributed by atoms with E-state index in [1.807, 2.05) is 0 Å². The predicted molar refractivity (Wildman–Crippen MR) is 51.3 cm³/mol. The van der Waals surface area contributed by atoms with Crippen LogP contribution in [0.5, 0.6) is 0 Å². The third kappa shape index (κ3) is 1.80. The zero-order valence-electron chi connectivity index (χ0n) is 5.67. The molecule has 0 amide bonds. The van der Waals surface area contributed by atoms with E-state index >= 15 is 0 Å². The molecule has 0 aliphatic heterocycles. The monoisotopic (exact) mass is 318 g/mol. The van der Waals surface area contributed by atoms with Crippen molar-refractivity contribution in [3.63, 3.8) is 0 Å². The molecule has 12 heavy (non-hydrogen) atoms. The van der Waals surface area contributed by atoms with Gasteiger partial charge in [-0.3, -0.25) is 0 Å². The number of alkyl halides is 1. The third-order valence-electron chi connectivity index (χ3n) is 1.32. The second-order valence-corrected chi connectivity index (χ2v) is 4.01. The van der Waals surface area contributed by atoms with Gasteiger partial charge in [0.25, 0.3) is 0 Å². The van der Waals surface area contributed by atoms with Crippen LogP contribution >= 0.6 is 43.5 Å². The maximum Gasteiger partial charge on any atom is 0.174 e. The molecule has 0 heterocycles. The summed E-state index contributed by atoms with van der Waals surface area (Å²) in [6.45, 7) is 0. The molecule has 0 unspecified atom stereocenters. The van der Waals surface area contributed by atoms with E-state index in [1.165, 1.54) is 6.07 Å². The van der Waals surface area contributed by atoms with Gasteiger partial charge in [0.05, 0.1) is 8.95 Å². The van der Waals surface area contributed by atoms with Gasteiger partial charge in [0.2, 0.25) is 0 Å². The summed E-state index contributed by atoms with van der Waals surface area (Å²) in [5.41, 5.74) is 0.516. The molecule has 0 aliphatic rings. The van der Waals surface area contributed by atoms with E-state index < -0.39 is 11.6 Å². The number of rotatable bonds is 1. The van der Waals surface area contributed by atoms with Crippen molar-refractivity contribution in [1.29, 1.82) is 0 Å². The average molecular weight is 320 g/mol. The Bertz CT molecular complexity index is 315. The summed E-state index contributed by atoms with van der Waals surface area (Å²) in [6.07, 6.45) is 0. The van der Waals surface area contributed by atoms with E-state index in [1.54, 1.807) is 0 Å². The molecule has 0 N–H and O–H groups in total. The van der Waals surface area contributed by atoms with Crippen LogP contribution in [0.4, 0.5) is 8.78 Å². The summed E-state index contributed by atoms with van der Waals surface area (Å²) < 4.78 is 25.9. The molecule has 0 spiro atoms. The molecule has 0 bridgehead atoms. The first-order chi connectivity index (χ1) is 5.57. The van der Waals surface area contributed by atoms with Crippen molar-refractivity contribution in [2.45, 2.75) is 5.88 Å². The highest BCUT2D eigenvalue weighted by molar-refractivity contribution is 9.11. The molecule has 0 fully saturated rings. The van der Waals surface area contributed by atoms with Gasteiger partial charge in [-0.2, -0.15) is 0 Å². The molecule has 0 nitrogen and oxygen atoms in total. The fourth-order valence-electron chi connectivity index (χ4n) is 0.719. The van der Waals surface area contributed by atoms with Gasteiger partial charge in [-0.05, 0) is 43.5 Å². The number of hydrogen-bond acceptors (Lipinski definition) is 0. The molecular weight excluding hydrogens is 317 g/mol. The van der Waals surface area contributed by atoms with Crippen LogP contribution in [0.3, 0.4) is 0 Å². The van der Waals surface area contributed by atoms with E-state index in [2.05, 4.69) is 31.9 Å². The van der Waals surface area contributed by atoms with Gasteiger partial charge < -0.3 is 0 Å². The first kappa shape index (κ1) is 10.4. The third-order valence-corrected chi connectivity index (χ3v) is 3.04. The van der Waals surface area contributed by atoms with Gasteiger partial charge >= 0.3 is 0 Å². The number of halogens is 5. The summed E-state index contributed by atoms with van der Waals surface area (Å²) in [7, 11) is 0. The standard InChI is InChI=1S/C7H3Br2ClF2/c8-4-1-3(2-10)5(9)7(12)6(4)11/h1H,2H2. The summed E-state index contributed by atoms with van der Waals surface area (Å²) >= 11 is 11.3. The summed E-state index contributed by atoms with van der Waals surface area (Å²) in [4.78, 5) is 0. The SMILES string of the molecule is Fc1c(Br)cc(CCl)c(Br)c1F. The lowest BCUT2D eigenvalue weighted by Gasteiger charge is -2.04. The minimum Gasteiger partial charge on any atom is -0.202 e. The van der Waals surface area contributed by atoms with Crippen molar-refractivity contribution in [3.05, 3.63) is 32.2 Å². The van der Waals surface area contributed by atoms with E-state index in [-0.39, 0.29) is 14.8 Å². The Morgan fingerprint density at radius 2 is 1.83 bits per heavy atom. The minimum absolute atomic E-state index is 0.0817. The molecule has 0 saturated carbocycles. The predicted octanol–water partition coefficient (Wildman–Crippen LogP) is 4.23. The highest BCUT2D eigenvalue weighted by Gasteiger charge is 2.14. The Hall–Kier alpha value is 0.330. The molecular formula is C7H3Br2ClF2. The quantitative estimate of drug-likeness (QED) is 0.413. The highest BCUT2D eigenvalue weighted by atomic mass is 79.9. The summed E-state index contributed by atoms with van der Waals surface area (Å²) in [5, 5.41) is 0. The Balaban J connectivity index is 3.39. The smallest absolute Gasteiger partial charge is 0.174 e. The average Bonchev–Trinajstić information content (AvgIpc) is 2.08. The molecule has 66 valence electrons.